The first-order valence-electron chi connectivity index (χ1n) is 7.54. The topological polar surface area (TPSA) is 85.9 Å². The molecule has 8 nitrogen and oxygen atoms in total. The van der Waals surface area contributed by atoms with Gasteiger partial charge >= 0.3 is 0 Å². The second kappa shape index (κ2) is 7.35. The number of nitrogens with one attached hydrogen (secondary N) is 1. The number of fused-ring (bicyclic) bond motifs is 1. The highest BCUT2D eigenvalue weighted by Crippen LogP contribution is 2.27. The number of oxime groups is 1. The Kier molecular flexibility index (Phi) is 4.99. The molecule has 1 aromatic carbocycles. The summed E-state index contributed by atoms with van der Waals surface area (Å²) >= 11 is 5.99. The van der Waals surface area contributed by atoms with Crippen LogP contribution in [0.5, 0.6) is 5.75 Å². The quantitative estimate of drug-likeness (QED) is 0.412. The van der Waals surface area contributed by atoms with Crippen LogP contribution in [0.2, 0.25) is 5.02 Å². The average molecular weight is 361 g/mol. The van der Waals surface area contributed by atoms with Crippen molar-refractivity contribution in [1.29, 1.82) is 0 Å². The lowest BCUT2D eigenvalue weighted by molar-refractivity contribution is 0.215. The predicted octanol–water partition coefficient (Wildman–Crippen LogP) is 3.23. The van der Waals surface area contributed by atoms with E-state index in [0.717, 1.165) is 17.0 Å². The Morgan fingerprint density at radius 2 is 2.20 bits per heavy atom. The number of rotatable bonds is 6. The van der Waals surface area contributed by atoms with E-state index in [-0.39, 0.29) is 6.10 Å². The molecule has 1 unspecified atom stereocenters. The van der Waals surface area contributed by atoms with Crippen molar-refractivity contribution in [2.24, 2.45) is 5.16 Å². The van der Waals surface area contributed by atoms with E-state index >= 15 is 0 Å². The fourth-order valence-electron chi connectivity index (χ4n) is 2.31. The summed E-state index contributed by atoms with van der Waals surface area (Å²) < 4.78 is 7.68. The summed E-state index contributed by atoms with van der Waals surface area (Å²) in [6, 6.07) is 7.34. The lowest BCUT2D eigenvalue weighted by Gasteiger charge is -2.17. The molecule has 0 spiro atoms. The minimum atomic E-state index is -0.271. The van der Waals surface area contributed by atoms with Gasteiger partial charge in [0.05, 0.1) is 5.69 Å². The molecule has 0 fully saturated rings. The van der Waals surface area contributed by atoms with Crippen molar-refractivity contribution < 1.29 is 9.57 Å². The Morgan fingerprint density at radius 1 is 1.36 bits per heavy atom. The van der Waals surface area contributed by atoms with Gasteiger partial charge in [0.25, 0.3) is 5.78 Å². The van der Waals surface area contributed by atoms with Gasteiger partial charge in [-0.05, 0) is 43.7 Å². The van der Waals surface area contributed by atoms with Crippen LogP contribution in [-0.4, -0.2) is 33.0 Å². The van der Waals surface area contributed by atoms with Gasteiger partial charge in [0.2, 0.25) is 5.95 Å². The van der Waals surface area contributed by atoms with Gasteiger partial charge in [0, 0.05) is 11.2 Å². The molecule has 0 amide bonds. The van der Waals surface area contributed by atoms with E-state index in [9.17, 15) is 0 Å². The number of aryl methyl sites for hydroxylation is 1. The minimum absolute atomic E-state index is 0.271. The summed E-state index contributed by atoms with van der Waals surface area (Å²) in [7, 11) is 1.45. The highest BCUT2D eigenvalue weighted by molar-refractivity contribution is 6.30. The van der Waals surface area contributed by atoms with E-state index in [1.807, 2.05) is 32.0 Å². The standard InChI is InChI=1S/C16H17ClN6O2/c1-10-8-12(17)4-5-14(10)25-11(2)13-6-7-18-16-21-15(22-23(13)16)19-9-20-24-3/h4-9,11H,1-3H3,(H,19,20,22). The van der Waals surface area contributed by atoms with Gasteiger partial charge in [0.15, 0.2) is 0 Å². The third kappa shape index (κ3) is 3.80. The van der Waals surface area contributed by atoms with E-state index in [4.69, 9.17) is 16.3 Å². The molecule has 1 atom stereocenters. The molecule has 0 aliphatic rings. The molecule has 3 rings (SSSR count). The monoisotopic (exact) mass is 360 g/mol. The van der Waals surface area contributed by atoms with Crippen LogP contribution < -0.4 is 10.1 Å². The number of nitrogens with zero attached hydrogens (tertiary/aromatic N) is 5. The minimum Gasteiger partial charge on any atom is -0.484 e. The second-order valence-corrected chi connectivity index (χ2v) is 5.68. The summed E-state index contributed by atoms with van der Waals surface area (Å²) in [5.41, 5.74) is 1.77. The molecule has 0 aliphatic heterocycles. The summed E-state index contributed by atoms with van der Waals surface area (Å²) in [6.45, 7) is 3.88. The molecule has 130 valence electrons. The van der Waals surface area contributed by atoms with Gasteiger partial charge in [-0.1, -0.05) is 16.8 Å². The number of hydrogen-bond donors (Lipinski definition) is 1. The molecule has 0 saturated carbocycles. The van der Waals surface area contributed by atoms with Crippen LogP contribution in [-0.2, 0) is 4.84 Å². The molecule has 0 saturated heterocycles. The summed E-state index contributed by atoms with van der Waals surface area (Å²) in [6.07, 6.45) is 2.75. The van der Waals surface area contributed by atoms with Crippen molar-refractivity contribution in [3.05, 3.63) is 46.7 Å². The Bertz CT molecular complexity index is 911. The van der Waals surface area contributed by atoms with Crippen LogP contribution in [0.25, 0.3) is 5.78 Å². The number of halogens is 1. The van der Waals surface area contributed by atoms with Gasteiger partial charge < -0.3 is 14.9 Å². The molecule has 0 bridgehead atoms. The number of benzene rings is 1. The first-order valence-corrected chi connectivity index (χ1v) is 7.92. The van der Waals surface area contributed by atoms with Crippen LogP contribution in [0.15, 0.2) is 35.6 Å². The van der Waals surface area contributed by atoms with E-state index in [0.29, 0.717) is 16.7 Å². The molecule has 3 aromatic rings. The van der Waals surface area contributed by atoms with E-state index < -0.39 is 0 Å². The molecule has 0 radical (unpaired) electrons. The van der Waals surface area contributed by atoms with Crippen molar-refractivity contribution in [2.75, 3.05) is 12.4 Å². The van der Waals surface area contributed by atoms with E-state index in [1.54, 1.807) is 16.8 Å². The number of anilines is 1. The van der Waals surface area contributed by atoms with Gasteiger partial charge in [-0.2, -0.15) is 9.50 Å². The Labute approximate surface area is 149 Å². The van der Waals surface area contributed by atoms with Crippen molar-refractivity contribution in [1.82, 2.24) is 19.6 Å². The van der Waals surface area contributed by atoms with E-state index in [1.165, 1.54) is 13.4 Å². The van der Waals surface area contributed by atoms with Crippen molar-refractivity contribution in [3.63, 3.8) is 0 Å². The molecule has 9 heteroatoms. The van der Waals surface area contributed by atoms with Crippen LogP contribution in [0.3, 0.4) is 0 Å². The number of aromatic nitrogens is 4. The van der Waals surface area contributed by atoms with Crippen molar-refractivity contribution in [2.45, 2.75) is 20.0 Å². The normalized spacial score (nSPS) is 12.5. The first kappa shape index (κ1) is 17.0. The van der Waals surface area contributed by atoms with Crippen molar-refractivity contribution in [3.8, 4) is 5.75 Å². The maximum absolute atomic E-state index is 6.06. The zero-order chi connectivity index (χ0) is 17.8. The smallest absolute Gasteiger partial charge is 0.254 e. The first-order chi connectivity index (χ1) is 12.1. The maximum atomic E-state index is 6.06. The Balaban J connectivity index is 1.87. The summed E-state index contributed by atoms with van der Waals surface area (Å²) in [5, 5.41) is 11.4. The molecule has 2 aromatic heterocycles. The van der Waals surface area contributed by atoms with Crippen LogP contribution in [0.1, 0.15) is 24.3 Å². The molecular weight excluding hydrogens is 344 g/mol. The number of hydrogen-bond acceptors (Lipinski definition) is 6. The highest BCUT2D eigenvalue weighted by Gasteiger charge is 2.15. The fraction of sp³-hybridized carbons (Fsp3) is 0.250. The van der Waals surface area contributed by atoms with Gasteiger partial charge in [-0.25, -0.2) is 4.98 Å². The number of ether oxygens (including phenoxy) is 1. The fourth-order valence-corrected chi connectivity index (χ4v) is 2.54. The average Bonchev–Trinajstić information content (AvgIpc) is 3.00. The Morgan fingerprint density at radius 3 is 2.96 bits per heavy atom. The molecule has 25 heavy (non-hydrogen) atoms. The Hall–Kier alpha value is -2.87. The van der Waals surface area contributed by atoms with Gasteiger partial charge in [-0.3, -0.25) is 0 Å². The molecule has 0 aliphatic carbocycles. The van der Waals surface area contributed by atoms with E-state index in [2.05, 4.69) is 30.4 Å². The van der Waals surface area contributed by atoms with Gasteiger partial charge in [-0.15, -0.1) is 5.10 Å². The largest absolute Gasteiger partial charge is 0.484 e. The molecule has 2 heterocycles. The lowest BCUT2D eigenvalue weighted by atomic mass is 10.2. The second-order valence-electron chi connectivity index (χ2n) is 5.25. The molecular formula is C16H17ClN6O2. The highest BCUT2D eigenvalue weighted by atomic mass is 35.5. The van der Waals surface area contributed by atoms with Crippen LogP contribution >= 0.6 is 11.6 Å². The van der Waals surface area contributed by atoms with Crippen molar-refractivity contribution >= 4 is 29.7 Å². The molecule has 1 N–H and O–H groups in total. The summed E-state index contributed by atoms with van der Waals surface area (Å²) in [5.74, 6) is 1.57. The van der Waals surface area contributed by atoms with Crippen LogP contribution in [0.4, 0.5) is 5.95 Å². The zero-order valence-electron chi connectivity index (χ0n) is 14.0. The third-order valence-electron chi connectivity index (χ3n) is 3.48. The SMILES string of the molecule is CON=CNc1nc2nccc(C(C)Oc3ccc(Cl)cc3C)n2n1. The maximum Gasteiger partial charge on any atom is 0.254 e. The lowest BCUT2D eigenvalue weighted by Crippen LogP contribution is -2.10. The predicted molar refractivity (Wildman–Crippen MR) is 95.1 cm³/mol. The third-order valence-corrected chi connectivity index (χ3v) is 3.71. The van der Waals surface area contributed by atoms with Crippen LogP contribution in [0, 0.1) is 6.92 Å². The zero-order valence-corrected chi connectivity index (χ0v) is 14.7. The summed E-state index contributed by atoms with van der Waals surface area (Å²) in [4.78, 5) is 13.1. The van der Waals surface area contributed by atoms with Gasteiger partial charge in [0.1, 0.15) is 25.3 Å².